The number of aryl methyl sites for hydroxylation is 3. The van der Waals surface area contributed by atoms with Crippen LogP contribution in [0.3, 0.4) is 0 Å². The normalized spacial score (nSPS) is 11.2. The Balaban J connectivity index is 2.15. The lowest BCUT2D eigenvalue weighted by Gasteiger charge is -2.16. The van der Waals surface area contributed by atoms with Crippen molar-refractivity contribution < 1.29 is 4.39 Å². The molecule has 124 valence electrons. The Morgan fingerprint density at radius 1 is 0.800 bits per heavy atom. The molecule has 4 aromatic rings. The van der Waals surface area contributed by atoms with Gasteiger partial charge in [-0.1, -0.05) is 42.5 Å². The van der Waals surface area contributed by atoms with Gasteiger partial charge in [-0.05, 0) is 49.6 Å². The van der Waals surface area contributed by atoms with E-state index < -0.39 is 0 Å². The third kappa shape index (κ3) is 2.52. The molecule has 3 heteroatoms. The molecule has 25 heavy (non-hydrogen) atoms. The fraction of sp³-hybridized carbons (Fsp3) is 0.136. The van der Waals surface area contributed by atoms with Crippen molar-refractivity contribution >= 4 is 11.0 Å². The van der Waals surface area contributed by atoms with Crippen LogP contribution in [0.5, 0.6) is 0 Å². The van der Waals surface area contributed by atoms with Gasteiger partial charge in [-0.15, -0.1) is 0 Å². The first-order chi connectivity index (χ1) is 12.1. The first kappa shape index (κ1) is 15.6. The van der Waals surface area contributed by atoms with Crippen LogP contribution in [0, 0.1) is 26.6 Å². The third-order valence-electron chi connectivity index (χ3n) is 4.67. The van der Waals surface area contributed by atoms with E-state index in [0.717, 1.165) is 28.2 Å². The summed E-state index contributed by atoms with van der Waals surface area (Å²) < 4.78 is 15.9. The van der Waals surface area contributed by atoms with Crippen molar-refractivity contribution in [3.8, 4) is 17.1 Å². The van der Waals surface area contributed by atoms with Crippen molar-refractivity contribution in [1.29, 1.82) is 0 Å². The van der Waals surface area contributed by atoms with Gasteiger partial charge in [0.1, 0.15) is 11.6 Å². The summed E-state index contributed by atoms with van der Waals surface area (Å²) >= 11 is 0. The Kier molecular flexibility index (Phi) is 3.65. The number of hydrogen-bond acceptors (Lipinski definition) is 1. The zero-order valence-electron chi connectivity index (χ0n) is 14.5. The second-order valence-corrected chi connectivity index (χ2v) is 6.46. The van der Waals surface area contributed by atoms with Crippen LogP contribution in [0.25, 0.3) is 28.1 Å². The largest absolute Gasteiger partial charge is 0.292 e. The molecule has 1 aromatic heterocycles. The monoisotopic (exact) mass is 330 g/mol. The summed E-state index contributed by atoms with van der Waals surface area (Å²) in [6.45, 7) is 6.27. The van der Waals surface area contributed by atoms with Gasteiger partial charge in [0.15, 0.2) is 0 Å². The maximum absolute atomic E-state index is 13.8. The van der Waals surface area contributed by atoms with Crippen LogP contribution in [0.2, 0.25) is 0 Å². The number of imidazole rings is 1. The third-order valence-corrected chi connectivity index (χ3v) is 4.67. The van der Waals surface area contributed by atoms with E-state index in [1.165, 1.54) is 23.3 Å². The minimum Gasteiger partial charge on any atom is -0.292 e. The maximum Gasteiger partial charge on any atom is 0.146 e. The number of halogens is 1. The lowest BCUT2D eigenvalue weighted by atomic mass is 10.1. The van der Waals surface area contributed by atoms with Gasteiger partial charge in [-0.2, -0.15) is 0 Å². The minimum absolute atomic E-state index is 0.269. The number of benzene rings is 3. The molecule has 2 nitrogen and oxygen atoms in total. The highest BCUT2D eigenvalue weighted by atomic mass is 19.1. The first-order valence-electron chi connectivity index (χ1n) is 8.37. The average Bonchev–Trinajstić information content (AvgIpc) is 2.93. The van der Waals surface area contributed by atoms with Crippen molar-refractivity contribution in [3.63, 3.8) is 0 Å². The Morgan fingerprint density at radius 3 is 2.20 bits per heavy atom. The van der Waals surface area contributed by atoms with E-state index in [9.17, 15) is 4.39 Å². The number of fused-ring (bicyclic) bond motifs is 1. The first-order valence-corrected chi connectivity index (χ1v) is 8.37. The topological polar surface area (TPSA) is 17.8 Å². The summed E-state index contributed by atoms with van der Waals surface area (Å²) in [5.41, 5.74) is 7.22. The lowest BCUT2D eigenvalue weighted by molar-refractivity contribution is 0.629. The molecule has 0 amide bonds. The van der Waals surface area contributed by atoms with Crippen LogP contribution in [-0.4, -0.2) is 9.55 Å². The van der Waals surface area contributed by atoms with Crippen molar-refractivity contribution in [2.24, 2.45) is 0 Å². The summed E-state index contributed by atoms with van der Waals surface area (Å²) in [5, 5.41) is 0. The summed E-state index contributed by atoms with van der Waals surface area (Å²) in [6.07, 6.45) is 0. The zero-order valence-corrected chi connectivity index (χ0v) is 14.5. The van der Waals surface area contributed by atoms with Crippen LogP contribution < -0.4 is 0 Å². The lowest BCUT2D eigenvalue weighted by Crippen LogP contribution is -2.03. The predicted octanol–water partition coefficient (Wildman–Crippen LogP) is 5.76. The van der Waals surface area contributed by atoms with E-state index in [1.54, 1.807) is 0 Å². The highest BCUT2D eigenvalue weighted by molar-refractivity contribution is 5.84. The standard InChI is InChI=1S/C22H19FN2/c1-14-7-4-5-10-18(14)22-24-19-13-17(23)11-12-20(19)25(22)21-15(2)8-6-9-16(21)3/h4-13H,1-3H3. The zero-order chi connectivity index (χ0) is 17.6. The van der Waals surface area contributed by atoms with Gasteiger partial charge >= 0.3 is 0 Å². The van der Waals surface area contributed by atoms with E-state index in [2.05, 4.69) is 55.7 Å². The fourth-order valence-corrected chi connectivity index (χ4v) is 3.44. The van der Waals surface area contributed by atoms with E-state index >= 15 is 0 Å². The summed E-state index contributed by atoms with van der Waals surface area (Å²) in [5.74, 6) is 0.575. The molecule has 0 bridgehead atoms. The molecule has 0 atom stereocenters. The molecule has 0 spiro atoms. The quantitative estimate of drug-likeness (QED) is 0.457. The molecule has 1 heterocycles. The number of rotatable bonds is 2. The second-order valence-electron chi connectivity index (χ2n) is 6.46. The second kappa shape index (κ2) is 5.85. The number of nitrogens with zero attached hydrogens (tertiary/aromatic N) is 2. The van der Waals surface area contributed by atoms with Gasteiger partial charge in [0, 0.05) is 11.6 Å². The molecule has 0 fully saturated rings. The Hall–Kier alpha value is -2.94. The summed E-state index contributed by atoms with van der Waals surface area (Å²) in [4.78, 5) is 4.79. The van der Waals surface area contributed by atoms with Crippen LogP contribution in [0.1, 0.15) is 16.7 Å². The molecule has 0 radical (unpaired) electrons. The van der Waals surface area contributed by atoms with Gasteiger partial charge in [0.25, 0.3) is 0 Å². The smallest absolute Gasteiger partial charge is 0.146 e. The van der Waals surface area contributed by atoms with Gasteiger partial charge in [0.05, 0.1) is 16.7 Å². The molecule has 0 aliphatic rings. The molecule has 0 aliphatic heterocycles. The number of hydrogen-bond donors (Lipinski definition) is 0. The van der Waals surface area contributed by atoms with Crippen molar-refractivity contribution in [2.75, 3.05) is 0 Å². The molecule has 0 aliphatic carbocycles. The Morgan fingerprint density at radius 2 is 1.48 bits per heavy atom. The van der Waals surface area contributed by atoms with E-state index in [-0.39, 0.29) is 5.82 Å². The highest BCUT2D eigenvalue weighted by Gasteiger charge is 2.18. The van der Waals surface area contributed by atoms with Gasteiger partial charge in [-0.3, -0.25) is 4.57 Å². The van der Waals surface area contributed by atoms with E-state index in [1.807, 2.05) is 18.2 Å². The SMILES string of the molecule is Cc1ccccc1-c1nc2cc(F)ccc2n1-c1c(C)cccc1C. The average molecular weight is 330 g/mol. The number of aromatic nitrogens is 2. The molecular formula is C22H19FN2. The van der Waals surface area contributed by atoms with Crippen LogP contribution in [-0.2, 0) is 0 Å². The molecular weight excluding hydrogens is 311 g/mol. The van der Waals surface area contributed by atoms with Gasteiger partial charge in [-0.25, -0.2) is 9.37 Å². The molecule has 3 aromatic carbocycles. The van der Waals surface area contributed by atoms with Crippen LogP contribution in [0.15, 0.2) is 60.7 Å². The van der Waals surface area contributed by atoms with Crippen LogP contribution in [0.4, 0.5) is 4.39 Å². The van der Waals surface area contributed by atoms with E-state index in [4.69, 9.17) is 4.98 Å². The Bertz CT molecular complexity index is 1070. The van der Waals surface area contributed by atoms with Crippen molar-refractivity contribution in [1.82, 2.24) is 9.55 Å². The van der Waals surface area contributed by atoms with Crippen LogP contribution >= 0.6 is 0 Å². The molecule has 0 saturated carbocycles. The molecule has 4 rings (SSSR count). The predicted molar refractivity (Wildman–Crippen MR) is 101 cm³/mol. The Labute approximate surface area is 146 Å². The van der Waals surface area contributed by atoms with Crippen molar-refractivity contribution in [3.05, 3.63) is 83.2 Å². The fourth-order valence-electron chi connectivity index (χ4n) is 3.44. The number of para-hydroxylation sites is 1. The highest BCUT2D eigenvalue weighted by Crippen LogP contribution is 2.33. The van der Waals surface area contributed by atoms with Gasteiger partial charge < -0.3 is 0 Å². The molecule has 0 N–H and O–H groups in total. The summed E-state index contributed by atoms with van der Waals surface area (Å²) in [6, 6.07) is 19.2. The maximum atomic E-state index is 13.8. The molecule has 0 unspecified atom stereocenters. The van der Waals surface area contributed by atoms with Gasteiger partial charge in [0.2, 0.25) is 0 Å². The molecule has 0 saturated heterocycles. The summed E-state index contributed by atoms with van der Waals surface area (Å²) in [7, 11) is 0. The minimum atomic E-state index is -0.269. The van der Waals surface area contributed by atoms with E-state index in [0.29, 0.717) is 5.52 Å². The van der Waals surface area contributed by atoms with Crippen molar-refractivity contribution in [2.45, 2.75) is 20.8 Å².